The maximum atomic E-state index is 11.2. The van der Waals surface area contributed by atoms with Crippen molar-refractivity contribution in [2.24, 2.45) is 0 Å². The lowest BCUT2D eigenvalue weighted by molar-refractivity contribution is -0.255. The molecule has 23 heavy (non-hydrogen) atoms. The molecular weight excluding hydrogens is 290 g/mol. The first-order chi connectivity index (χ1) is 11.1. The highest BCUT2D eigenvalue weighted by molar-refractivity contribution is 5.96. The number of rotatable bonds is 3. The van der Waals surface area contributed by atoms with E-state index in [1.165, 1.54) is 12.1 Å². The molecular formula is C18H12N3O2-. The third kappa shape index (κ3) is 2.83. The Morgan fingerprint density at radius 3 is 2.83 bits per heavy atom. The number of benzene rings is 2. The van der Waals surface area contributed by atoms with Crippen LogP contribution in [0.1, 0.15) is 27.3 Å². The number of allylic oxidation sites excluding steroid dienone is 1. The van der Waals surface area contributed by atoms with Gasteiger partial charge in [-0.05, 0) is 36.3 Å². The van der Waals surface area contributed by atoms with Crippen molar-refractivity contribution >= 4 is 28.7 Å². The topological polar surface area (TPSA) is 92.6 Å². The first kappa shape index (κ1) is 14.5. The van der Waals surface area contributed by atoms with Crippen LogP contribution in [0.5, 0.6) is 0 Å². The first-order valence-electron chi connectivity index (χ1n) is 6.97. The Kier molecular flexibility index (Phi) is 3.65. The number of H-pyrrole nitrogens is 1. The number of hydrogen-bond acceptors (Lipinski definition) is 4. The molecule has 1 aromatic heterocycles. The van der Waals surface area contributed by atoms with Crippen molar-refractivity contribution < 1.29 is 9.90 Å². The summed E-state index contributed by atoms with van der Waals surface area (Å²) in [6.45, 7) is 1.97. The number of carbonyl (C=O) groups excluding carboxylic acids is 1. The second-order valence-corrected chi connectivity index (χ2v) is 5.15. The highest BCUT2D eigenvalue weighted by atomic mass is 16.4. The number of aromatic amines is 1. The molecule has 2 aromatic carbocycles. The molecule has 0 saturated carbocycles. The van der Waals surface area contributed by atoms with E-state index in [2.05, 4.69) is 16.0 Å². The molecule has 0 bridgehead atoms. The Hall–Kier alpha value is -3.39. The molecule has 0 saturated heterocycles. The van der Waals surface area contributed by atoms with E-state index in [1.807, 2.05) is 25.1 Å². The van der Waals surface area contributed by atoms with E-state index in [1.54, 1.807) is 18.2 Å². The number of carbonyl (C=O) groups is 1. The molecule has 0 radical (unpaired) electrons. The lowest BCUT2D eigenvalue weighted by Gasteiger charge is -2.06. The fraction of sp³-hybridized carbons (Fsp3) is 0.0556. The predicted octanol–water partition coefficient (Wildman–Crippen LogP) is 2.30. The fourth-order valence-electron chi connectivity index (χ4n) is 2.37. The average Bonchev–Trinajstić information content (AvgIpc) is 2.95. The van der Waals surface area contributed by atoms with Gasteiger partial charge in [0, 0.05) is 5.56 Å². The van der Waals surface area contributed by atoms with Gasteiger partial charge in [0.1, 0.15) is 11.9 Å². The normalized spacial score (nSPS) is 11.4. The zero-order valence-electron chi connectivity index (χ0n) is 12.3. The number of aryl methyl sites for hydroxylation is 1. The Morgan fingerprint density at radius 1 is 1.30 bits per heavy atom. The largest absolute Gasteiger partial charge is 0.545 e. The molecule has 0 atom stereocenters. The van der Waals surface area contributed by atoms with Crippen LogP contribution in [0.4, 0.5) is 0 Å². The van der Waals surface area contributed by atoms with Crippen LogP contribution in [-0.2, 0) is 0 Å². The lowest BCUT2D eigenvalue weighted by Crippen LogP contribution is -2.23. The summed E-state index contributed by atoms with van der Waals surface area (Å²) in [7, 11) is 0. The van der Waals surface area contributed by atoms with Gasteiger partial charge < -0.3 is 14.9 Å². The number of aromatic carboxylic acids is 1. The molecule has 5 heteroatoms. The zero-order valence-corrected chi connectivity index (χ0v) is 12.3. The number of carboxylic acid groups (broad SMARTS) is 1. The summed E-state index contributed by atoms with van der Waals surface area (Å²) < 4.78 is 0. The van der Waals surface area contributed by atoms with Crippen LogP contribution in [0.2, 0.25) is 0 Å². The Bertz CT molecular complexity index is 977. The monoisotopic (exact) mass is 302 g/mol. The summed E-state index contributed by atoms with van der Waals surface area (Å²) in [4.78, 5) is 18.6. The molecule has 0 aliphatic rings. The molecule has 3 rings (SSSR count). The van der Waals surface area contributed by atoms with Crippen molar-refractivity contribution in [1.29, 1.82) is 5.26 Å². The maximum Gasteiger partial charge on any atom is 0.149 e. The second-order valence-electron chi connectivity index (χ2n) is 5.15. The number of fused-ring (bicyclic) bond motifs is 1. The van der Waals surface area contributed by atoms with E-state index in [4.69, 9.17) is 0 Å². The highest BCUT2D eigenvalue weighted by Crippen LogP contribution is 2.21. The lowest BCUT2D eigenvalue weighted by atomic mass is 10.0. The number of nitrogens with one attached hydrogen (secondary N) is 1. The number of aromatic nitrogens is 2. The minimum atomic E-state index is -1.28. The first-order valence-corrected chi connectivity index (χ1v) is 6.97. The molecule has 0 amide bonds. The SMILES string of the molecule is Cc1ccc2nc(/C(C#N)=C/c3ccccc3C(=O)[O-])[nH]c2c1. The predicted molar refractivity (Wildman–Crippen MR) is 85.1 cm³/mol. The molecule has 1 heterocycles. The Labute approximate surface area is 132 Å². The van der Waals surface area contributed by atoms with Gasteiger partial charge in [0.05, 0.1) is 22.6 Å². The molecule has 0 aliphatic heterocycles. The van der Waals surface area contributed by atoms with Crippen LogP contribution in [-0.4, -0.2) is 15.9 Å². The van der Waals surface area contributed by atoms with Gasteiger partial charge in [-0.25, -0.2) is 4.98 Å². The van der Waals surface area contributed by atoms with Gasteiger partial charge >= 0.3 is 0 Å². The van der Waals surface area contributed by atoms with Crippen LogP contribution in [0.25, 0.3) is 22.7 Å². The third-order valence-corrected chi connectivity index (χ3v) is 3.49. The van der Waals surface area contributed by atoms with Crippen molar-refractivity contribution in [3.05, 3.63) is 65.0 Å². The van der Waals surface area contributed by atoms with Crippen LogP contribution >= 0.6 is 0 Å². The van der Waals surface area contributed by atoms with Crippen molar-refractivity contribution in [2.75, 3.05) is 0 Å². The summed E-state index contributed by atoms with van der Waals surface area (Å²) in [6.07, 6.45) is 1.50. The van der Waals surface area contributed by atoms with Gasteiger partial charge in [-0.15, -0.1) is 0 Å². The molecule has 5 nitrogen and oxygen atoms in total. The van der Waals surface area contributed by atoms with E-state index in [0.29, 0.717) is 11.4 Å². The molecule has 0 fully saturated rings. The molecule has 3 aromatic rings. The van der Waals surface area contributed by atoms with Crippen LogP contribution < -0.4 is 5.11 Å². The summed E-state index contributed by atoms with van der Waals surface area (Å²) in [5.41, 5.74) is 3.35. The number of imidazole rings is 1. The molecule has 0 aliphatic carbocycles. The fourth-order valence-corrected chi connectivity index (χ4v) is 2.37. The van der Waals surface area contributed by atoms with E-state index >= 15 is 0 Å². The van der Waals surface area contributed by atoms with Gasteiger partial charge in [-0.1, -0.05) is 30.3 Å². The van der Waals surface area contributed by atoms with E-state index in [-0.39, 0.29) is 11.1 Å². The smallest absolute Gasteiger partial charge is 0.149 e. The molecule has 112 valence electrons. The minimum absolute atomic E-state index is 0.0344. The third-order valence-electron chi connectivity index (χ3n) is 3.49. The van der Waals surface area contributed by atoms with E-state index < -0.39 is 5.97 Å². The van der Waals surface area contributed by atoms with Gasteiger partial charge in [0.15, 0.2) is 0 Å². The Balaban J connectivity index is 2.12. The zero-order chi connectivity index (χ0) is 16.4. The summed E-state index contributed by atoms with van der Waals surface area (Å²) in [6, 6.07) is 14.2. The maximum absolute atomic E-state index is 11.2. The van der Waals surface area contributed by atoms with E-state index in [9.17, 15) is 15.2 Å². The summed E-state index contributed by atoms with van der Waals surface area (Å²) >= 11 is 0. The molecule has 0 unspecified atom stereocenters. The second kappa shape index (κ2) is 5.78. The van der Waals surface area contributed by atoms with Crippen LogP contribution in [0.3, 0.4) is 0 Å². The van der Waals surface area contributed by atoms with Gasteiger partial charge in [-0.3, -0.25) is 0 Å². The average molecular weight is 302 g/mol. The van der Waals surface area contributed by atoms with Gasteiger partial charge in [0.2, 0.25) is 0 Å². The van der Waals surface area contributed by atoms with Crippen molar-refractivity contribution in [3.8, 4) is 6.07 Å². The number of carboxylic acids is 1. The Morgan fingerprint density at radius 2 is 2.09 bits per heavy atom. The van der Waals surface area contributed by atoms with Crippen molar-refractivity contribution in [2.45, 2.75) is 6.92 Å². The standard InChI is InChI=1S/C18H13N3O2/c1-11-6-7-15-16(8-11)21-17(20-15)13(10-19)9-12-4-2-3-5-14(12)18(22)23/h2-9H,1H3,(H,20,21)(H,22,23)/p-1/b13-9+. The van der Waals surface area contributed by atoms with Crippen LogP contribution in [0.15, 0.2) is 42.5 Å². The van der Waals surface area contributed by atoms with Crippen molar-refractivity contribution in [3.63, 3.8) is 0 Å². The molecule has 1 N–H and O–H groups in total. The van der Waals surface area contributed by atoms with Gasteiger partial charge in [0.25, 0.3) is 0 Å². The quantitative estimate of drug-likeness (QED) is 0.751. The summed E-state index contributed by atoms with van der Waals surface area (Å²) in [5.74, 6) is -0.879. The molecule has 0 spiro atoms. The van der Waals surface area contributed by atoms with Crippen LogP contribution in [0, 0.1) is 18.3 Å². The summed E-state index contributed by atoms with van der Waals surface area (Å²) in [5, 5.41) is 20.6. The number of hydrogen-bond donors (Lipinski definition) is 1. The van der Waals surface area contributed by atoms with E-state index in [0.717, 1.165) is 16.6 Å². The number of nitrogens with zero attached hydrogens (tertiary/aromatic N) is 2. The van der Waals surface area contributed by atoms with Gasteiger partial charge in [-0.2, -0.15) is 5.26 Å². The minimum Gasteiger partial charge on any atom is -0.545 e. The highest BCUT2D eigenvalue weighted by Gasteiger charge is 2.09. The number of nitriles is 1. The van der Waals surface area contributed by atoms with Crippen molar-refractivity contribution in [1.82, 2.24) is 9.97 Å².